The fourth-order valence-corrected chi connectivity index (χ4v) is 6.20. The van der Waals surface area contributed by atoms with Gasteiger partial charge < -0.3 is 20.3 Å². The smallest absolute Gasteiger partial charge is 0.124 e. The highest BCUT2D eigenvalue weighted by atomic mass is 19.1. The molecule has 0 unspecified atom stereocenters. The number of aryl methyl sites for hydroxylation is 1. The van der Waals surface area contributed by atoms with Crippen LogP contribution >= 0.6 is 0 Å². The molecular formula is C28H25FN4. The van der Waals surface area contributed by atoms with Crippen molar-refractivity contribution >= 4 is 67.5 Å². The van der Waals surface area contributed by atoms with E-state index in [1.165, 1.54) is 0 Å². The minimum atomic E-state index is -0.194. The molecule has 0 bridgehead atoms. The summed E-state index contributed by atoms with van der Waals surface area (Å²) in [6.45, 7) is 14.4. The summed E-state index contributed by atoms with van der Waals surface area (Å²) in [6.07, 6.45) is 0.949. The molecule has 3 aromatic heterocycles. The highest BCUT2D eigenvalue weighted by molar-refractivity contribution is 6.35. The number of hydrogen-bond donors (Lipinski definition) is 3. The van der Waals surface area contributed by atoms with Crippen molar-refractivity contribution in [1.82, 2.24) is 14.5 Å². The average molecular weight is 437 g/mol. The molecule has 0 fully saturated rings. The van der Waals surface area contributed by atoms with Gasteiger partial charge in [-0.25, -0.2) is 4.39 Å². The van der Waals surface area contributed by atoms with Crippen LogP contribution in [0.25, 0.3) is 67.5 Å². The third-order valence-corrected chi connectivity index (χ3v) is 7.80. The normalized spacial score (nSPS) is 15.6. The number of aromatic nitrogens is 3. The molecular weight excluding hydrogens is 411 g/mol. The van der Waals surface area contributed by atoms with Gasteiger partial charge in [0.15, 0.2) is 0 Å². The fourth-order valence-electron chi connectivity index (χ4n) is 6.20. The van der Waals surface area contributed by atoms with E-state index in [4.69, 9.17) is 5.73 Å². The highest BCUT2D eigenvalue weighted by Crippen LogP contribution is 2.47. The van der Waals surface area contributed by atoms with Gasteiger partial charge in [0.05, 0.1) is 16.6 Å². The summed E-state index contributed by atoms with van der Waals surface area (Å²) in [7, 11) is 0. The molecule has 0 amide bonds. The molecule has 33 heavy (non-hydrogen) atoms. The van der Waals surface area contributed by atoms with E-state index in [1.807, 2.05) is 0 Å². The maximum Gasteiger partial charge on any atom is 0.124 e. The van der Waals surface area contributed by atoms with Crippen molar-refractivity contribution in [3.63, 3.8) is 0 Å². The van der Waals surface area contributed by atoms with E-state index in [2.05, 4.69) is 59.7 Å². The summed E-state index contributed by atoms with van der Waals surface area (Å²) in [4.78, 5) is 7.08. The number of hydrogen-bond acceptors (Lipinski definition) is 1. The molecule has 0 saturated carbocycles. The quantitative estimate of drug-likeness (QED) is 0.333. The van der Waals surface area contributed by atoms with Crippen LogP contribution in [0.15, 0.2) is 30.3 Å². The van der Waals surface area contributed by atoms with Crippen LogP contribution in [0.2, 0.25) is 0 Å². The zero-order chi connectivity index (χ0) is 22.8. The topological polar surface area (TPSA) is 62.5 Å². The van der Waals surface area contributed by atoms with Gasteiger partial charge in [0.1, 0.15) is 5.82 Å². The van der Waals surface area contributed by atoms with Crippen molar-refractivity contribution in [3.05, 3.63) is 58.0 Å². The Balaban J connectivity index is 1.88. The Bertz CT molecular complexity index is 1930. The van der Waals surface area contributed by atoms with Crippen LogP contribution in [0.5, 0.6) is 0 Å². The van der Waals surface area contributed by atoms with Gasteiger partial charge in [-0.15, -0.1) is 0 Å². The van der Waals surface area contributed by atoms with Crippen LogP contribution in [0.1, 0.15) is 31.4 Å². The molecule has 0 spiro atoms. The third-order valence-electron chi connectivity index (χ3n) is 7.80. The second-order valence-corrected chi connectivity index (χ2v) is 10.1. The number of benzene rings is 3. The van der Waals surface area contributed by atoms with E-state index >= 15 is 0 Å². The Morgan fingerprint density at radius 3 is 2.48 bits per heavy atom. The van der Waals surface area contributed by atoms with Crippen LogP contribution in [0.4, 0.5) is 4.39 Å². The van der Waals surface area contributed by atoms with E-state index in [-0.39, 0.29) is 11.2 Å². The summed E-state index contributed by atoms with van der Waals surface area (Å²) >= 11 is 0. The second kappa shape index (κ2) is 5.86. The van der Waals surface area contributed by atoms with Crippen LogP contribution < -0.4 is 16.4 Å². The first-order valence-electron chi connectivity index (χ1n) is 11.4. The predicted octanol–water partition coefficient (Wildman–Crippen LogP) is 5.01. The summed E-state index contributed by atoms with van der Waals surface area (Å²) in [6, 6.07) is 9.76. The molecule has 3 aromatic carbocycles. The minimum Gasteiger partial charge on any atom is -0.355 e. The fraction of sp³-hybridized carbons (Fsp3) is 0.214. The van der Waals surface area contributed by atoms with Crippen LogP contribution in [-0.4, -0.2) is 14.5 Å². The Morgan fingerprint density at radius 2 is 1.73 bits per heavy atom. The highest BCUT2D eigenvalue weighted by Gasteiger charge is 2.33. The van der Waals surface area contributed by atoms with E-state index in [0.717, 1.165) is 89.2 Å². The number of aromatic amines is 2. The van der Waals surface area contributed by atoms with Gasteiger partial charge >= 0.3 is 0 Å². The summed E-state index contributed by atoms with van der Waals surface area (Å²) in [5.41, 5.74) is 12.3. The SMILES string of the molecule is C=c1[nH]c(=C)c2c1c1c3ccc(CN)cc3[nH]c1c1c2c2cc(F)cc3c2n1CCC3(C)C. The summed E-state index contributed by atoms with van der Waals surface area (Å²) < 4.78 is 17.4. The predicted molar refractivity (Wildman–Crippen MR) is 136 cm³/mol. The van der Waals surface area contributed by atoms with Crippen molar-refractivity contribution in [2.24, 2.45) is 5.73 Å². The number of fused-ring (bicyclic) bond motifs is 10. The maximum atomic E-state index is 15.0. The standard InChI is InChI=1S/C28H25FN4/c1-13-21-22(14(2)31-13)24-18-10-16(29)11-19-26(18)33(8-7-28(19,3)4)27(24)25-23(21)17-6-5-15(12-30)9-20(17)32-25/h5-6,9-11,31-32H,1-2,7-8,12,30H2,3-4H3. The first-order chi connectivity index (χ1) is 15.8. The monoisotopic (exact) mass is 436 g/mol. The maximum absolute atomic E-state index is 15.0. The Morgan fingerprint density at radius 1 is 0.970 bits per heavy atom. The van der Waals surface area contributed by atoms with Gasteiger partial charge in [-0.2, -0.15) is 0 Å². The molecule has 7 rings (SSSR count). The lowest BCUT2D eigenvalue weighted by atomic mass is 9.78. The zero-order valence-electron chi connectivity index (χ0n) is 18.8. The third kappa shape index (κ3) is 2.18. The van der Waals surface area contributed by atoms with Crippen molar-refractivity contribution in [2.75, 3.05) is 0 Å². The molecule has 0 radical (unpaired) electrons. The van der Waals surface area contributed by atoms with E-state index in [0.29, 0.717) is 6.54 Å². The van der Waals surface area contributed by atoms with Crippen molar-refractivity contribution in [3.8, 4) is 0 Å². The van der Waals surface area contributed by atoms with Crippen LogP contribution in [0, 0.1) is 5.82 Å². The molecule has 1 aliphatic heterocycles. The number of nitrogens with zero attached hydrogens (tertiary/aromatic N) is 1. The molecule has 5 heteroatoms. The summed E-state index contributed by atoms with van der Waals surface area (Å²) in [5.74, 6) is -0.194. The number of halogens is 1. The first-order valence-corrected chi connectivity index (χ1v) is 11.4. The lowest BCUT2D eigenvalue weighted by molar-refractivity contribution is 0.426. The number of rotatable bonds is 1. The molecule has 0 aliphatic carbocycles. The largest absolute Gasteiger partial charge is 0.355 e. The molecule has 4 nitrogen and oxygen atoms in total. The molecule has 4 N–H and O–H groups in total. The van der Waals surface area contributed by atoms with Gasteiger partial charge in [0.2, 0.25) is 0 Å². The second-order valence-electron chi connectivity index (χ2n) is 10.1. The van der Waals surface area contributed by atoms with Gasteiger partial charge in [-0.3, -0.25) is 0 Å². The van der Waals surface area contributed by atoms with Crippen molar-refractivity contribution < 1.29 is 4.39 Å². The lowest BCUT2D eigenvalue weighted by Crippen LogP contribution is -2.25. The Labute approximate surface area is 189 Å². The van der Waals surface area contributed by atoms with Crippen molar-refractivity contribution in [2.45, 2.75) is 38.8 Å². The van der Waals surface area contributed by atoms with E-state index in [1.54, 1.807) is 12.1 Å². The van der Waals surface area contributed by atoms with Gasteiger partial charge in [0.25, 0.3) is 0 Å². The molecule has 0 atom stereocenters. The minimum absolute atomic E-state index is 0.0949. The van der Waals surface area contributed by atoms with Crippen LogP contribution in [-0.2, 0) is 18.5 Å². The Hall–Kier alpha value is -3.57. The molecule has 164 valence electrons. The number of nitrogens with two attached hydrogens (primary N) is 1. The first kappa shape index (κ1) is 18.9. The van der Waals surface area contributed by atoms with Crippen LogP contribution in [0.3, 0.4) is 0 Å². The van der Waals surface area contributed by atoms with Gasteiger partial charge in [-0.1, -0.05) is 39.1 Å². The van der Waals surface area contributed by atoms with E-state index in [9.17, 15) is 4.39 Å². The van der Waals surface area contributed by atoms with E-state index < -0.39 is 0 Å². The molecule has 1 aliphatic rings. The molecule has 4 heterocycles. The Kier molecular flexibility index (Phi) is 3.36. The molecule has 0 saturated heterocycles. The average Bonchev–Trinajstić information content (AvgIpc) is 3.40. The zero-order valence-corrected chi connectivity index (χ0v) is 18.8. The van der Waals surface area contributed by atoms with Gasteiger partial charge in [-0.05, 0) is 41.2 Å². The molecule has 6 aromatic rings. The van der Waals surface area contributed by atoms with Gasteiger partial charge in [0, 0.05) is 61.6 Å². The summed E-state index contributed by atoms with van der Waals surface area (Å²) in [5, 5.41) is 8.01. The number of nitrogens with one attached hydrogen (secondary N) is 2. The van der Waals surface area contributed by atoms with Crippen molar-refractivity contribution in [1.29, 1.82) is 0 Å². The lowest BCUT2D eigenvalue weighted by Gasteiger charge is -2.32. The number of H-pyrrole nitrogens is 2.